The van der Waals surface area contributed by atoms with Gasteiger partial charge in [-0.15, -0.1) is 0 Å². The SMILES string of the molecule is O=C(/C=C/c1cn(CC2CO2)c2ccccc12)c1ccccc1. The summed E-state index contributed by atoms with van der Waals surface area (Å²) < 4.78 is 7.54. The van der Waals surface area contributed by atoms with Gasteiger partial charge in [0.25, 0.3) is 0 Å². The van der Waals surface area contributed by atoms with Crippen molar-refractivity contribution >= 4 is 22.8 Å². The first kappa shape index (κ1) is 14.0. The molecule has 0 radical (unpaired) electrons. The average molecular weight is 303 g/mol. The van der Waals surface area contributed by atoms with E-state index in [0.717, 1.165) is 24.1 Å². The predicted octanol–water partition coefficient (Wildman–Crippen LogP) is 3.94. The van der Waals surface area contributed by atoms with Crippen LogP contribution in [0.4, 0.5) is 0 Å². The van der Waals surface area contributed by atoms with Crippen molar-refractivity contribution < 1.29 is 9.53 Å². The summed E-state index contributed by atoms with van der Waals surface area (Å²) >= 11 is 0. The minimum Gasteiger partial charge on any atom is -0.371 e. The molecule has 1 aliphatic rings. The van der Waals surface area contributed by atoms with Crippen LogP contribution in [-0.4, -0.2) is 23.1 Å². The Balaban J connectivity index is 1.65. The smallest absolute Gasteiger partial charge is 0.185 e. The molecule has 1 fully saturated rings. The van der Waals surface area contributed by atoms with E-state index in [2.05, 4.69) is 22.9 Å². The third kappa shape index (κ3) is 2.96. The van der Waals surface area contributed by atoms with E-state index in [1.54, 1.807) is 6.08 Å². The van der Waals surface area contributed by atoms with Gasteiger partial charge >= 0.3 is 0 Å². The standard InChI is InChI=1S/C20H17NO2/c22-20(15-6-2-1-3-7-15)11-10-16-12-21(13-17-14-23-17)19-9-5-4-8-18(16)19/h1-12,17H,13-14H2/b11-10+. The maximum absolute atomic E-state index is 12.2. The van der Waals surface area contributed by atoms with Crippen LogP contribution in [-0.2, 0) is 11.3 Å². The van der Waals surface area contributed by atoms with Crippen LogP contribution in [0.15, 0.2) is 66.9 Å². The van der Waals surface area contributed by atoms with Crippen LogP contribution in [0.25, 0.3) is 17.0 Å². The van der Waals surface area contributed by atoms with E-state index in [-0.39, 0.29) is 5.78 Å². The van der Waals surface area contributed by atoms with Gasteiger partial charge in [-0.05, 0) is 18.2 Å². The second kappa shape index (κ2) is 5.86. The Kier molecular flexibility index (Phi) is 3.56. The molecule has 1 aromatic heterocycles. The largest absolute Gasteiger partial charge is 0.371 e. The van der Waals surface area contributed by atoms with Gasteiger partial charge in [-0.1, -0.05) is 48.5 Å². The molecule has 0 spiro atoms. The zero-order valence-corrected chi connectivity index (χ0v) is 12.7. The minimum absolute atomic E-state index is 0.0213. The molecular weight excluding hydrogens is 286 g/mol. The van der Waals surface area contributed by atoms with E-state index in [1.807, 2.05) is 48.5 Å². The van der Waals surface area contributed by atoms with E-state index < -0.39 is 0 Å². The van der Waals surface area contributed by atoms with Crippen LogP contribution in [0, 0.1) is 0 Å². The van der Waals surface area contributed by atoms with Gasteiger partial charge in [0.2, 0.25) is 0 Å². The zero-order valence-electron chi connectivity index (χ0n) is 12.7. The number of epoxide rings is 1. The van der Waals surface area contributed by atoms with Crippen molar-refractivity contribution in [2.24, 2.45) is 0 Å². The number of nitrogens with zero attached hydrogens (tertiary/aromatic N) is 1. The van der Waals surface area contributed by atoms with Gasteiger partial charge in [0, 0.05) is 28.2 Å². The summed E-state index contributed by atoms with van der Waals surface area (Å²) in [6.45, 7) is 1.70. The minimum atomic E-state index is 0.0213. The lowest BCUT2D eigenvalue weighted by atomic mass is 10.1. The Bertz CT molecular complexity index is 873. The van der Waals surface area contributed by atoms with Crippen LogP contribution in [0.5, 0.6) is 0 Å². The molecule has 0 bridgehead atoms. The third-order valence-corrected chi connectivity index (χ3v) is 4.09. The van der Waals surface area contributed by atoms with Crippen molar-refractivity contribution in [3.63, 3.8) is 0 Å². The van der Waals surface area contributed by atoms with E-state index >= 15 is 0 Å². The number of fused-ring (bicyclic) bond motifs is 1. The lowest BCUT2D eigenvalue weighted by Crippen LogP contribution is -2.01. The molecule has 1 atom stereocenters. The fourth-order valence-electron chi connectivity index (χ4n) is 2.82. The number of para-hydroxylation sites is 1. The highest BCUT2D eigenvalue weighted by Gasteiger charge is 2.23. The number of ketones is 1. The van der Waals surface area contributed by atoms with Gasteiger partial charge in [0.15, 0.2) is 5.78 Å². The molecule has 2 aromatic carbocycles. The summed E-state index contributed by atoms with van der Waals surface area (Å²) in [5.74, 6) is 0.0213. The molecule has 3 nitrogen and oxygen atoms in total. The number of benzene rings is 2. The van der Waals surface area contributed by atoms with Crippen molar-refractivity contribution in [2.45, 2.75) is 12.6 Å². The van der Waals surface area contributed by atoms with Crippen molar-refractivity contribution in [3.05, 3.63) is 78.0 Å². The maximum atomic E-state index is 12.2. The van der Waals surface area contributed by atoms with Crippen LogP contribution in [0.3, 0.4) is 0 Å². The number of hydrogen-bond donors (Lipinski definition) is 0. The Morgan fingerprint density at radius 1 is 1.13 bits per heavy atom. The summed E-state index contributed by atoms with van der Waals surface area (Å²) in [6.07, 6.45) is 5.98. The van der Waals surface area contributed by atoms with Gasteiger partial charge in [-0.2, -0.15) is 0 Å². The van der Waals surface area contributed by atoms with E-state index in [0.29, 0.717) is 11.7 Å². The summed E-state index contributed by atoms with van der Waals surface area (Å²) in [6, 6.07) is 17.6. The monoisotopic (exact) mass is 303 g/mol. The Labute approximate surface area is 134 Å². The fourth-order valence-corrected chi connectivity index (χ4v) is 2.82. The highest BCUT2D eigenvalue weighted by atomic mass is 16.6. The molecule has 1 unspecified atom stereocenters. The van der Waals surface area contributed by atoms with Gasteiger partial charge in [-0.25, -0.2) is 0 Å². The molecule has 1 aliphatic heterocycles. The average Bonchev–Trinajstić information content (AvgIpc) is 3.35. The highest BCUT2D eigenvalue weighted by Crippen LogP contribution is 2.25. The van der Waals surface area contributed by atoms with E-state index in [9.17, 15) is 4.79 Å². The highest BCUT2D eigenvalue weighted by molar-refractivity contribution is 6.07. The van der Waals surface area contributed by atoms with Crippen molar-refractivity contribution in [3.8, 4) is 0 Å². The summed E-state index contributed by atoms with van der Waals surface area (Å²) in [4.78, 5) is 12.2. The number of hydrogen-bond acceptors (Lipinski definition) is 2. The summed E-state index contributed by atoms with van der Waals surface area (Å²) in [7, 11) is 0. The molecule has 0 amide bonds. The van der Waals surface area contributed by atoms with E-state index in [4.69, 9.17) is 4.74 Å². The molecular formula is C20H17NO2. The van der Waals surface area contributed by atoms with Crippen molar-refractivity contribution in [1.29, 1.82) is 0 Å². The van der Waals surface area contributed by atoms with Gasteiger partial charge < -0.3 is 9.30 Å². The molecule has 0 saturated carbocycles. The quantitative estimate of drug-likeness (QED) is 0.406. The van der Waals surface area contributed by atoms with Crippen LogP contribution >= 0.6 is 0 Å². The number of rotatable bonds is 5. The fraction of sp³-hybridized carbons (Fsp3) is 0.150. The predicted molar refractivity (Wildman–Crippen MR) is 91.5 cm³/mol. The molecule has 114 valence electrons. The lowest BCUT2D eigenvalue weighted by molar-refractivity contribution is 0.104. The van der Waals surface area contributed by atoms with E-state index in [1.165, 1.54) is 5.52 Å². The second-order valence-corrected chi connectivity index (χ2v) is 5.77. The molecule has 23 heavy (non-hydrogen) atoms. The van der Waals surface area contributed by atoms with Crippen LogP contribution in [0.1, 0.15) is 15.9 Å². The molecule has 2 heterocycles. The number of allylic oxidation sites excluding steroid dienone is 1. The van der Waals surface area contributed by atoms with Gasteiger partial charge in [0.05, 0.1) is 19.3 Å². The molecule has 0 aliphatic carbocycles. The number of ether oxygens (including phenoxy) is 1. The lowest BCUT2D eigenvalue weighted by Gasteiger charge is -2.00. The summed E-state index contributed by atoms with van der Waals surface area (Å²) in [5.41, 5.74) is 2.94. The van der Waals surface area contributed by atoms with Crippen LogP contribution in [0.2, 0.25) is 0 Å². The van der Waals surface area contributed by atoms with Gasteiger partial charge in [0.1, 0.15) is 0 Å². The number of aromatic nitrogens is 1. The molecule has 3 aromatic rings. The second-order valence-electron chi connectivity index (χ2n) is 5.77. The topological polar surface area (TPSA) is 34.5 Å². The normalized spacial score (nSPS) is 17.0. The Hall–Kier alpha value is -2.65. The molecule has 3 heteroatoms. The zero-order chi connectivity index (χ0) is 15.6. The molecule has 1 saturated heterocycles. The first-order valence-corrected chi connectivity index (χ1v) is 7.78. The van der Waals surface area contributed by atoms with Gasteiger partial charge in [-0.3, -0.25) is 4.79 Å². The third-order valence-electron chi connectivity index (χ3n) is 4.09. The maximum Gasteiger partial charge on any atom is 0.185 e. The molecule has 4 rings (SSSR count). The van der Waals surface area contributed by atoms with Crippen LogP contribution < -0.4 is 0 Å². The first-order chi connectivity index (χ1) is 11.3. The molecule has 0 N–H and O–H groups in total. The van der Waals surface area contributed by atoms with Crippen molar-refractivity contribution in [2.75, 3.05) is 6.61 Å². The van der Waals surface area contributed by atoms with Crippen molar-refractivity contribution in [1.82, 2.24) is 4.57 Å². The Morgan fingerprint density at radius 2 is 1.87 bits per heavy atom. The number of carbonyl (C=O) groups excluding carboxylic acids is 1. The summed E-state index contributed by atoms with van der Waals surface area (Å²) in [5, 5.41) is 1.16. The Morgan fingerprint density at radius 3 is 2.65 bits per heavy atom. The first-order valence-electron chi connectivity index (χ1n) is 7.78. The number of carbonyl (C=O) groups is 1.